The molecule has 4 nitrogen and oxygen atoms in total. The fourth-order valence-electron chi connectivity index (χ4n) is 1.67. The molecule has 90 valence electrons. The topological polar surface area (TPSA) is 80.4 Å². The fraction of sp³-hybridized carbons (Fsp3) is 0.167. The SMILES string of the molecule is Nc1ccc2cc(S(=O)(=O)CCO)ccc2c1. The predicted octanol–water partition coefficient (Wildman–Crippen LogP) is 1.19. The van der Waals surface area contributed by atoms with Crippen molar-refractivity contribution in [3.63, 3.8) is 0 Å². The van der Waals surface area contributed by atoms with Gasteiger partial charge in [-0.15, -0.1) is 0 Å². The van der Waals surface area contributed by atoms with E-state index in [4.69, 9.17) is 10.8 Å². The van der Waals surface area contributed by atoms with Gasteiger partial charge in [-0.1, -0.05) is 12.1 Å². The van der Waals surface area contributed by atoms with E-state index in [-0.39, 0.29) is 17.3 Å². The Kier molecular flexibility index (Phi) is 3.04. The second-order valence-electron chi connectivity index (χ2n) is 3.81. The van der Waals surface area contributed by atoms with Crippen molar-refractivity contribution in [3.8, 4) is 0 Å². The molecule has 0 fully saturated rings. The van der Waals surface area contributed by atoms with E-state index < -0.39 is 9.84 Å². The van der Waals surface area contributed by atoms with E-state index in [1.165, 1.54) is 6.07 Å². The number of nitrogens with two attached hydrogens (primary N) is 1. The molecule has 0 amide bonds. The van der Waals surface area contributed by atoms with Gasteiger partial charge in [-0.05, 0) is 35.0 Å². The average molecular weight is 251 g/mol. The number of aliphatic hydroxyl groups excluding tert-OH is 1. The van der Waals surface area contributed by atoms with Gasteiger partial charge in [0, 0.05) is 5.69 Å². The standard InChI is InChI=1S/C12H13NO3S/c13-11-3-1-10-8-12(4-2-9(10)7-11)17(15,16)6-5-14/h1-4,7-8,14H,5-6,13H2. The van der Waals surface area contributed by atoms with Crippen LogP contribution in [0.5, 0.6) is 0 Å². The highest BCUT2D eigenvalue weighted by atomic mass is 32.2. The van der Waals surface area contributed by atoms with E-state index in [9.17, 15) is 8.42 Å². The molecule has 0 spiro atoms. The van der Waals surface area contributed by atoms with Gasteiger partial charge in [0.25, 0.3) is 0 Å². The maximum atomic E-state index is 11.8. The van der Waals surface area contributed by atoms with Gasteiger partial charge in [0.05, 0.1) is 17.3 Å². The predicted molar refractivity (Wildman–Crippen MR) is 67.5 cm³/mol. The minimum Gasteiger partial charge on any atom is -0.399 e. The zero-order chi connectivity index (χ0) is 12.5. The fourth-order valence-corrected chi connectivity index (χ4v) is 2.73. The smallest absolute Gasteiger partial charge is 0.180 e. The maximum Gasteiger partial charge on any atom is 0.180 e. The van der Waals surface area contributed by atoms with Crippen molar-refractivity contribution in [2.45, 2.75) is 4.90 Å². The summed E-state index contributed by atoms with van der Waals surface area (Å²) >= 11 is 0. The minimum absolute atomic E-state index is 0.226. The van der Waals surface area contributed by atoms with Crippen molar-refractivity contribution in [2.75, 3.05) is 18.1 Å². The number of nitrogen functional groups attached to an aromatic ring is 1. The Morgan fingerprint density at radius 2 is 1.71 bits per heavy atom. The number of fused-ring (bicyclic) bond motifs is 1. The van der Waals surface area contributed by atoms with Crippen LogP contribution in [0.2, 0.25) is 0 Å². The Labute approximate surface area is 99.6 Å². The molecule has 0 saturated heterocycles. The molecule has 17 heavy (non-hydrogen) atoms. The Balaban J connectivity index is 2.56. The number of anilines is 1. The third kappa shape index (κ3) is 2.40. The molecule has 0 saturated carbocycles. The summed E-state index contributed by atoms with van der Waals surface area (Å²) in [5, 5.41) is 10.4. The second kappa shape index (κ2) is 4.35. The van der Waals surface area contributed by atoms with Crippen molar-refractivity contribution in [1.82, 2.24) is 0 Å². The van der Waals surface area contributed by atoms with Gasteiger partial charge < -0.3 is 10.8 Å². The van der Waals surface area contributed by atoms with Crippen molar-refractivity contribution < 1.29 is 13.5 Å². The first-order valence-corrected chi connectivity index (χ1v) is 6.81. The summed E-state index contributed by atoms with van der Waals surface area (Å²) in [6, 6.07) is 10.1. The number of hydrogen-bond donors (Lipinski definition) is 2. The molecular formula is C12H13NO3S. The molecule has 0 bridgehead atoms. The number of hydrogen-bond acceptors (Lipinski definition) is 4. The average Bonchev–Trinajstić information content (AvgIpc) is 2.28. The van der Waals surface area contributed by atoms with Gasteiger partial charge in [0.1, 0.15) is 0 Å². The summed E-state index contributed by atoms with van der Waals surface area (Å²) in [6.45, 7) is -0.373. The van der Waals surface area contributed by atoms with Gasteiger partial charge in [0.2, 0.25) is 0 Å². The highest BCUT2D eigenvalue weighted by molar-refractivity contribution is 7.91. The van der Waals surface area contributed by atoms with Crippen LogP contribution in [0.15, 0.2) is 41.3 Å². The van der Waals surface area contributed by atoms with Crippen molar-refractivity contribution in [3.05, 3.63) is 36.4 Å². The van der Waals surface area contributed by atoms with Gasteiger partial charge >= 0.3 is 0 Å². The van der Waals surface area contributed by atoms with E-state index in [0.717, 1.165) is 10.8 Å². The third-order valence-corrected chi connectivity index (χ3v) is 4.25. The lowest BCUT2D eigenvalue weighted by Crippen LogP contribution is -2.09. The highest BCUT2D eigenvalue weighted by Gasteiger charge is 2.13. The van der Waals surface area contributed by atoms with Crippen molar-refractivity contribution in [2.24, 2.45) is 0 Å². The van der Waals surface area contributed by atoms with Crippen LogP contribution in [0.1, 0.15) is 0 Å². The molecule has 2 aromatic rings. The lowest BCUT2D eigenvalue weighted by atomic mass is 10.1. The molecular weight excluding hydrogens is 238 g/mol. The van der Waals surface area contributed by atoms with Crippen LogP contribution < -0.4 is 5.73 Å². The molecule has 0 aliphatic carbocycles. The molecule has 0 radical (unpaired) electrons. The lowest BCUT2D eigenvalue weighted by molar-refractivity contribution is 0.319. The van der Waals surface area contributed by atoms with Crippen LogP contribution in [0.3, 0.4) is 0 Å². The van der Waals surface area contributed by atoms with Crippen LogP contribution in [0, 0.1) is 0 Å². The molecule has 0 aromatic heterocycles. The largest absolute Gasteiger partial charge is 0.399 e. The lowest BCUT2D eigenvalue weighted by Gasteiger charge is -2.05. The van der Waals surface area contributed by atoms with Gasteiger partial charge in [0.15, 0.2) is 9.84 Å². The number of rotatable bonds is 3. The molecule has 0 aliphatic heterocycles. The van der Waals surface area contributed by atoms with Crippen LogP contribution in [-0.2, 0) is 9.84 Å². The van der Waals surface area contributed by atoms with Crippen LogP contribution in [0.4, 0.5) is 5.69 Å². The van der Waals surface area contributed by atoms with Gasteiger partial charge in [-0.2, -0.15) is 0 Å². The molecule has 0 unspecified atom stereocenters. The van der Waals surface area contributed by atoms with Crippen LogP contribution >= 0.6 is 0 Å². The van der Waals surface area contributed by atoms with Crippen molar-refractivity contribution in [1.29, 1.82) is 0 Å². The summed E-state index contributed by atoms with van der Waals surface area (Å²) < 4.78 is 23.5. The van der Waals surface area contributed by atoms with Gasteiger partial charge in [-0.25, -0.2) is 8.42 Å². The first-order chi connectivity index (χ1) is 8.03. The Bertz CT molecular complexity index is 650. The molecule has 0 atom stereocenters. The van der Waals surface area contributed by atoms with Crippen LogP contribution in [-0.4, -0.2) is 25.9 Å². The minimum atomic E-state index is -3.39. The summed E-state index contributed by atoms with van der Waals surface area (Å²) in [5.74, 6) is -0.256. The van der Waals surface area contributed by atoms with Gasteiger partial charge in [-0.3, -0.25) is 0 Å². The Hall–Kier alpha value is -1.59. The molecule has 5 heteroatoms. The second-order valence-corrected chi connectivity index (χ2v) is 5.92. The summed E-state index contributed by atoms with van der Waals surface area (Å²) in [7, 11) is -3.39. The first kappa shape index (κ1) is 11.9. The highest BCUT2D eigenvalue weighted by Crippen LogP contribution is 2.21. The van der Waals surface area contributed by atoms with E-state index in [0.29, 0.717) is 5.69 Å². The normalized spacial score (nSPS) is 11.8. The molecule has 0 heterocycles. The zero-order valence-electron chi connectivity index (χ0n) is 9.13. The monoisotopic (exact) mass is 251 g/mol. The van der Waals surface area contributed by atoms with E-state index in [1.807, 2.05) is 0 Å². The quantitative estimate of drug-likeness (QED) is 0.803. The summed E-state index contributed by atoms with van der Waals surface area (Å²) in [4.78, 5) is 0.226. The van der Waals surface area contributed by atoms with Crippen LogP contribution in [0.25, 0.3) is 10.8 Å². The van der Waals surface area contributed by atoms with Crippen molar-refractivity contribution >= 4 is 26.3 Å². The number of benzene rings is 2. The van der Waals surface area contributed by atoms with E-state index >= 15 is 0 Å². The maximum absolute atomic E-state index is 11.8. The molecule has 3 N–H and O–H groups in total. The molecule has 2 rings (SSSR count). The third-order valence-electron chi connectivity index (χ3n) is 2.55. The van der Waals surface area contributed by atoms with E-state index in [1.54, 1.807) is 30.3 Å². The first-order valence-electron chi connectivity index (χ1n) is 5.16. The summed E-state index contributed by atoms with van der Waals surface area (Å²) in [6.07, 6.45) is 0. The number of aliphatic hydroxyl groups is 1. The molecule has 0 aliphatic rings. The summed E-state index contributed by atoms with van der Waals surface area (Å²) in [5.41, 5.74) is 6.29. The zero-order valence-corrected chi connectivity index (χ0v) is 9.94. The number of sulfone groups is 1. The Morgan fingerprint density at radius 3 is 2.41 bits per heavy atom. The van der Waals surface area contributed by atoms with E-state index in [2.05, 4.69) is 0 Å². The Morgan fingerprint density at radius 1 is 1.06 bits per heavy atom. The molecule has 2 aromatic carbocycles.